The van der Waals surface area contributed by atoms with Gasteiger partial charge in [-0.05, 0) is 63.3 Å². The summed E-state index contributed by atoms with van der Waals surface area (Å²) < 4.78 is 16.0. The Hall–Kier alpha value is -3.05. The van der Waals surface area contributed by atoms with Crippen LogP contribution in [0.4, 0.5) is 5.00 Å². The number of rotatable bonds is 7. The lowest BCUT2D eigenvalue weighted by atomic mass is 9.96. The summed E-state index contributed by atoms with van der Waals surface area (Å²) in [5.74, 6) is -0.200. The van der Waals surface area contributed by atoms with Gasteiger partial charge in [0.05, 0.1) is 24.3 Å². The van der Waals surface area contributed by atoms with Crippen molar-refractivity contribution in [3.63, 3.8) is 0 Å². The van der Waals surface area contributed by atoms with Gasteiger partial charge in [0.1, 0.15) is 11.1 Å². The maximum Gasteiger partial charge on any atom is 0.338 e. The monoisotopic (exact) mass is 428 g/mol. The minimum atomic E-state index is -0.648. The third-order valence-electron chi connectivity index (χ3n) is 4.63. The van der Waals surface area contributed by atoms with Crippen molar-refractivity contribution in [3.05, 3.63) is 39.8 Å². The van der Waals surface area contributed by atoms with Gasteiger partial charge in [-0.2, -0.15) is 5.26 Å². The van der Waals surface area contributed by atoms with Crippen LogP contribution in [-0.4, -0.2) is 31.7 Å². The first-order chi connectivity index (χ1) is 14.4. The number of methoxy groups -OCH3 is 1. The van der Waals surface area contributed by atoms with E-state index < -0.39 is 18.5 Å². The molecule has 0 aliphatic heterocycles. The van der Waals surface area contributed by atoms with Crippen LogP contribution in [0.5, 0.6) is 11.5 Å². The van der Waals surface area contributed by atoms with Crippen LogP contribution in [0.25, 0.3) is 0 Å². The number of esters is 1. The number of ether oxygens (including phenoxy) is 3. The summed E-state index contributed by atoms with van der Waals surface area (Å²) in [7, 11) is 1.48. The van der Waals surface area contributed by atoms with Crippen molar-refractivity contribution < 1.29 is 23.8 Å². The second-order valence-corrected chi connectivity index (χ2v) is 8.29. The molecule has 0 radical (unpaired) electrons. The van der Waals surface area contributed by atoms with E-state index in [1.165, 1.54) is 24.5 Å². The summed E-state index contributed by atoms with van der Waals surface area (Å²) in [4.78, 5) is 25.8. The van der Waals surface area contributed by atoms with Crippen LogP contribution in [0, 0.1) is 11.3 Å². The number of fused-ring (bicyclic) bond motifs is 1. The number of carbonyl (C=O) groups is 2. The summed E-state index contributed by atoms with van der Waals surface area (Å²) in [5, 5.41) is 12.7. The largest absolute Gasteiger partial charge is 0.493 e. The number of hydrogen-bond acceptors (Lipinski definition) is 7. The first kappa shape index (κ1) is 21.7. The standard InChI is InChI=1S/C22H24N2O5S/c1-13(2)29-17-9-8-14(10-18(17)27-3)22(26)28-12-20(25)24-21-16(11-23)15-6-4-5-7-19(15)30-21/h8-10,13H,4-7,12H2,1-3H3,(H,24,25). The highest BCUT2D eigenvalue weighted by atomic mass is 32.1. The van der Waals surface area contributed by atoms with Gasteiger partial charge in [-0.25, -0.2) is 4.79 Å². The van der Waals surface area contributed by atoms with Crippen molar-refractivity contribution in [2.75, 3.05) is 19.0 Å². The van der Waals surface area contributed by atoms with Crippen molar-refractivity contribution in [1.82, 2.24) is 0 Å². The number of thiophene rings is 1. The van der Waals surface area contributed by atoms with E-state index in [0.717, 1.165) is 36.1 Å². The van der Waals surface area contributed by atoms with Crippen molar-refractivity contribution in [2.24, 2.45) is 0 Å². The number of anilines is 1. The van der Waals surface area contributed by atoms with Gasteiger partial charge in [0, 0.05) is 4.88 Å². The molecule has 1 N–H and O–H groups in total. The number of nitrogens with zero attached hydrogens (tertiary/aromatic N) is 1. The van der Waals surface area contributed by atoms with Crippen LogP contribution < -0.4 is 14.8 Å². The molecule has 0 unspecified atom stereocenters. The number of amides is 1. The zero-order valence-corrected chi connectivity index (χ0v) is 18.1. The first-order valence-electron chi connectivity index (χ1n) is 9.79. The van der Waals surface area contributed by atoms with Gasteiger partial charge >= 0.3 is 5.97 Å². The molecule has 30 heavy (non-hydrogen) atoms. The highest BCUT2D eigenvalue weighted by Gasteiger charge is 2.22. The molecule has 0 spiro atoms. The molecule has 8 heteroatoms. The molecule has 0 saturated carbocycles. The molecule has 0 bridgehead atoms. The lowest BCUT2D eigenvalue weighted by Crippen LogP contribution is -2.21. The molecule has 1 amide bonds. The summed E-state index contributed by atoms with van der Waals surface area (Å²) in [6, 6.07) is 6.89. The van der Waals surface area contributed by atoms with Gasteiger partial charge in [-0.15, -0.1) is 11.3 Å². The van der Waals surface area contributed by atoms with Crippen LogP contribution in [-0.2, 0) is 22.4 Å². The Kier molecular flexibility index (Phi) is 6.95. The number of benzene rings is 1. The molecule has 1 aliphatic rings. The Morgan fingerprint density at radius 2 is 2.00 bits per heavy atom. The molecule has 158 valence electrons. The normalized spacial score (nSPS) is 12.6. The molecule has 0 atom stereocenters. The summed E-state index contributed by atoms with van der Waals surface area (Å²) in [5.41, 5.74) is 1.82. The molecule has 3 rings (SSSR count). The highest BCUT2D eigenvalue weighted by molar-refractivity contribution is 7.16. The van der Waals surface area contributed by atoms with E-state index in [1.54, 1.807) is 12.1 Å². The van der Waals surface area contributed by atoms with E-state index in [2.05, 4.69) is 11.4 Å². The van der Waals surface area contributed by atoms with E-state index in [4.69, 9.17) is 14.2 Å². The molecule has 1 aliphatic carbocycles. The van der Waals surface area contributed by atoms with Crippen molar-refractivity contribution in [3.8, 4) is 17.6 Å². The summed E-state index contributed by atoms with van der Waals surface area (Å²) in [6.45, 7) is 3.34. The lowest BCUT2D eigenvalue weighted by Gasteiger charge is -2.14. The molecular weight excluding hydrogens is 404 g/mol. The molecule has 7 nitrogen and oxygen atoms in total. The predicted molar refractivity (Wildman–Crippen MR) is 113 cm³/mol. The van der Waals surface area contributed by atoms with E-state index in [1.807, 2.05) is 13.8 Å². The topological polar surface area (TPSA) is 97.6 Å². The minimum absolute atomic E-state index is 0.0402. The van der Waals surface area contributed by atoms with E-state index >= 15 is 0 Å². The highest BCUT2D eigenvalue weighted by Crippen LogP contribution is 2.37. The van der Waals surface area contributed by atoms with E-state index in [9.17, 15) is 14.9 Å². The lowest BCUT2D eigenvalue weighted by molar-refractivity contribution is -0.119. The molecule has 1 aromatic carbocycles. The Bertz CT molecular complexity index is 990. The first-order valence-corrected chi connectivity index (χ1v) is 10.6. The second kappa shape index (κ2) is 9.63. The van der Waals surface area contributed by atoms with Crippen LogP contribution in [0.2, 0.25) is 0 Å². The quantitative estimate of drug-likeness (QED) is 0.667. The predicted octanol–water partition coefficient (Wildman–Crippen LogP) is 4.09. The Labute approximate surface area is 179 Å². The average molecular weight is 429 g/mol. The molecule has 1 aromatic heterocycles. The molecule has 0 fully saturated rings. The second-order valence-electron chi connectivity index (χ2n) is 7.18. The SMILES string of the molecule is COc1cc(C(=O)OCC(=O)Nc2sc3c(c2C#N)CCCC3)ccc1OC(C)C. The minimum Gasteiger partial charge on any atom is -0.493 e. The van der Waals surface area contributed by atoms with Crippen LogP contribution in [0.1, 0.15) is 53.1 Å². The van der Waals surface area contributed by atoms with Crippen LogP contribution in [0.3, 0.4) is 0 Å². The fraction of sp³-hybridized carbons (Fsp3) is 0.409. The third kappa shape index (κ3) is 4.92. The van der Waals surface area contributed by atoms with Crippen molar-refractivity contribution in [2.45, 2.75) is 45.6 Å². The summed E-state index contributed by atoms with van der Waals surface area (Å²) in [6.07, 6.45) is 3.89. The van der Waals surface area contributed by atoms with Gasteiger partial charge in [0.25, 0.3) is 5.91 Å². The molecule has 1 heterocycles. The fourth-order valence-electron chi connectivity index (χ4n) is 3.30. The maximum atomic E-state index is 12.3. The van der Waals surface area contributed by atoms with Gasteiger partial charge in [0.2, 0.25) is 0 Å². The van der Waals surface area contributed by atoms with Crippen LogP contribution >= 0.6 is 11.3 Å². The number of nitriles is 1. The average Bonchev–Trinajstić information content (AvgIpc) is 3.08. The Morgan fingerprint density at radius 3 is 2.70 bits per heavy atom. The van der Waals surface area contributed by atoms with Gasteiger partial charge in [-0.1, -0.05) is 0 Å². The number of hydrogen-bond donors (Lipinski definition) is 1. The molecule has 0 saturated heterocycles. The van der Waals surface area contributed by atoms with Crippen molar-refractivity contribution in [1.29, 1.82) is 5.26 Å². The van der Waals surface area contributed by atoms with Gasteiger partial charge in [-0.3, -0.25) is 4.79 Å². The van der Waals surface area contributed by atoms with Crippen molar-refractivity contribution >= 4 is 28.2 Å². The van der Waals surface area contributed by atoms with E-state index in [-0.39, 0.29) is 11.7 Å². The summed E-state index contributed by atoms with van der Waals surface area (Å²) >= 11 is 1.43. The zero-order chi connectivity index (χ0) is 21.7. The number of nitrogens with one attached hydrogen (secondary N) is 1. The maximum absolute atomic E-state index is 12.3. The third-order valence-corrected chi connectivity index (χ3v) is 5.84. The van der Waals surface area contributed by atoms with Crippen LogP contribution in [0.15, 0.2) is 18.2 Å². The number of aryl methyl sites for hydroxylation is 1. The zero-order valence-electron chi connectivity index (χ0n) is 17.2. The van der Waals surface area contributed by atoms with E-state index in [0.29, 0.717) is 22.1 Å². The van der Waals surface area contributed by atoms with Gasteiger partial charge < -0.3 is 19.5 Å². The molecular formula is C22H24N2O5S. The smallest absolute Gasteiger partial charge is 0.338 e. The molecule has 2 aromatic rings. The Morgan fingerprint density at radius 1 is 1.23 bits per heavy atom. The fourth-order valence-corrected chi connectivity index (χ4v) is 4.55. The Balaban J connectivity index is 1.62. The van der Waals surface area contributed by atoms with Gasteiger partial charge in [0.15, 0.2) is 18.1 Å². The number of carbonyl (C=O) groups excluding carboxylic acids is 2.